The molecule has 0 aromatic carbocycles. The van der Waals surface area contributed by atoms with Gasteiger partial charge in [-0.25, -0.2) is 14.8 Å². The minimum atomic E-state index is 0.0113. The Morgan fingerprint density at radius 3 is 2.56 bits per heavy atom. The van der Waals surface area contributed by atoms with Gasteiger partial charge in [-0.15, -0.1) is 11.3 Å². The van der Waals surface area contributed by atoms with Crippen molar-refractivity contribution in [3.8, 4) is 0 Å². The number of carbonyl (C=O) groups excluding carboxylic acids is 1. The number of nitrogens with one attached hydrogen (secondary N) is 1. The van der Waals surface area contributed by atoms with Crippen LogP contribution in [0.5, 0.6) is 0 Å². The van der Waals surface area contributed by atoms with Gasteiger partial charge in [0, 0.05) is 63.0 Å². The first-order valence-electron chi connectivity index (χ1n) is 9.30. The van der Waals surface area contributed by atoms with Gasteiger partial charge in [-0.3, -0.25) is 0 Å². The van der Waals surface area contributed by atoms with Crippen molar-refractivity contribution in [3.05, 3.63) is 40.0 Å². The Kier molecular flexibility index (Phi) is 6.63. The molecule has 146 valence electrons. The zero-order valence-electron chi connectivity index (χ0n) is 16.3. The molecule has 0 spiro atoms. The number of rotatable bonds is 6. The molecule has 27 heavy (non-hydrogen) atoms. The Morgan fingerprint density at radius 1 is 1.19 bits per heavy atom. The van der Waals surface area contributed by atoms with Crippen LogP contribution in [-0.4, -0.2) is 72.6 Å². The van der Waals surface area contributed by atoms with E-state index in [2.05, 4.69) is 51.3 Å². The lowest BCUT2D eigenvalue weighted by Crippen LogP contribution is -2.52. The smallest absolute Gasteiger partial charge is 0.317 e. The van der Waals surface area contributed by atoms with Crippen molar-refractivity contribution in [2.75, 3.05) is 51.7 Å². The lowest BCUT2D eigenvalue weighted by atomic mass is 10.2. The van der Waals surface area contributed by atoms with Crippen molar-refractivity contribution < 1.29 is 4.79 Å². The van der Waals surface area contributed by atoms with Crippen LogP contribution in [-0.2, 0) is 13.0 Å². The molecule has 1 saturated heterocycles. The second kappa shape index (κ2) is 9.14. The van der Waals surface area contributed by atoms with Gasteiger partial charge in [0.05, 0.1) is 5.01 Å². The minimum Gasteiger partial charge on any atom is -0.353 e. The summed E-state index contributed by atoms with van der Waals surface area (Å²) in [4.78, 5) is 28.7. The molecule has 3 heterocycles. The average molecular weight is 389 g/mol. The van der Waals surface area contributed by atoms with Gasteiger partial charge in [0.15, 0.2) is 0 Å². The quantitative estimate of drug-likeness (QED) is 0.820. The van der Waals surface area contributed by atoms with Crippen molar-refractivity contribution in [2.24, 2.45) is 0 Å². The van der Waals surface area contributed by atoms with Gasteiger partial charge in [-0.2, -0.15) is 0 Å². The molecule has 0 aliphatic carbocycles. The lowest BCUT2D eigenvalue weighted by Gasteiger charge is -2.35. The maximum Gasteiger partial charge on any atom is 0.317 e. The second-order valence-electron chi connectivity index (χ2n) is 7.08. The second-order valence-corrected chi connectivity index (χ2v) is 8.40. The van der Waals surface area contributed by atoms with Crippen molar-refractivity contribution >= 4 is 23.2 Å². The summed E-state index contributed by atoms with van der Waals surface area (Å²) in [5.41, 5.74) is 1.21. The number of amides is 2. The number of piperazine rings is 1. The number of anilines is 1. The monoisotopic (exact) mass is 388 g/mol. The third-order valence-electron chi connectivity index (χ3n) is 4.48. The van der Waals surface area contributed by atoms with E-state index in [1.54, 1.807) is 11.3 Å². The van der Waals surface area contributed by atoms with Gasteiger partial charge < -0.3 is 20.0 Å². The first-order valence-corrected chi connectivity index (χ1v) is 10.1. The van der Waals surface area contributed by atoms with Gasteiger partial charge in [-0.05, 0) is 32.6 Å². The molecule has 2 aromatic heterocycles. The van der Waals surface area contributed by atoms with Crippen molar-refractivity contribution in [1.82, 2.24) is 25.1 Å². The molecule has 1 N–H and O–H groups in total. The number of thiazole rings is 1. The summed E-state index contributed by atoms with van der Waals surface area (Å²) in [7, 11) is 4.10. The van der Waals surface area contributed by atoms with E-state index >= 15 is 0 Å². The summed E-state index contributed by atoms with van der Waals surface area (Å²) in [5, 5.41) is 4.08. The number of hydrogen-bond donors (Lipinski definition) is 1. The topological polar surface area (TPSA) is 64.6 Å². The molecule has 0 unspecified atom stereocenters. The van der Waals surface area contributed by atoms with Gasteiger partial charge in [-0.1, -0.05) is 6.07 Å². The lowest BCUT2D eigenvalue weighted by molar-refractivity contribution is 0.194. The zero-order valence-corrected chi connectivity index (χ0v) is 17.1. The number of pyridine rings is 1. The van der Waals surface area contributed by atoms with Crippen LogP contribution in [0.3, 0.4) is 0 Å². The molecular weight excluding hydrogens is 360 g/mol. The van der Waals surface area contributed by atoms with Gasteiger partial charge in [0.25, 0.3) is 0 Å². The Bertz CT molecular complexity index is 737. The summed E-state index contributed by atoms with van der Waals surface area (Å²) in [6.45, 7) is 6.59. The first-order chi connectivity index (χ1) is 13.0. The molecule has 0 bridgehead atoms. The van der Waals surface area contributed by atoms with E-state index in [9.17, 15) is 4.79 Å². The summed E-state index contributed by atoms with van der Waals surface area (Å²) >= 11 is 1.68. The normalized spacial score (nSPS) is 14.7. The Labute approximate surface area is 165 Å². The van der Waals surface area contributed by atoms with Crippen LogP contribution in [0.25, 0.3) is 0 Å². The van der Waals surface area contributed by atoms with E-state index in [-0.39, 0.29) is 6.03 Å². The predicted octanol–water partition coefficient (Wildman–Crippen LogP) is 1.98. The van der Waals surface area contributed by atoms with Crippen LogP contribution in [0, 0.1) is 6.92 Å². The SMILES string of the molecule is Cc1cnc(CCNC(=O)N2CCN(c3ccc(CN(C)C)cn3)CC2)s1. The van der Waals surface area contributed by atoms with Gasteiger partial charge in [0.2, 0.25) is 0 Å². The van der Waals surface area contributed by atoms with Crippen LogP contribution in [0.15, 0.2) is 24.5 Å². The molecule has 0 atom stereocenters. The molecule has 1 aliphatic rings. The third kappa shape index (κ3) is 5.64. The van der Waals surface area contributed by atoms with Crippen LogP contribution < -0.4 is 10.2 Å². The van der Waals surface area contributed by atoms with E-state index in [1.807, 2.05) is 24.2 Å². The first kappa shape index (κ1) is 19.6. The third-order valence-corrected chi connectivity index (χ3v) is 5.46. The fourth-order valence-corrected chi connectivity index (χ4v) is 3.89. The molecule has 0 radical (unpaired) electrons. The highest BCUT2D eigenvalue weighted by Crippen LogP contribution is 2.15. The number of nitrogens with zero attached hydrogens (tertiary/aromatic N) is 5. The predicted molar refractivity (Wildman–Crippen MR) is 109 cm³/mol. The van der Waals surface area contributed by atoms with E-state index < -0.39 is 0 Å². The number of aryl methyl sites for hydroxylation is 1. The van der Waals surface area contributed by atoms with Crippen molar-refractivity contribution in [1.29, 1.82) is 0 Å². The molecule has 7 nitrogen and oxygen atoms in total. The van der Waals surface area contributed by atoms with Crippen molar-refractivity contribution in [2.45, 2.75) is 19.9 Å². The molecule has 2 aromatic rings. The highest BCUT2D eigenvalue weighted by molar-refractivity contribution is 7.11. The fourth-order valence-electron chi connectivity index (χ4n) is 3.11. The molecule has 0 saturated carbocycles. The fraction of sp³-hybridized carbons (Fsp3) is 0.526. The number of aromatic nitrogens is 2. The summed E-state index contributed by atoms with van der Waals surface area (Å²) in [6.07, 6.45) is 4.60. The molecule has 3 rings (SSSR count). The van der Waals surface area contributed by atoms with Crippen LogP contribution in [0.1, 0.15) is 15.4 Å². The highest BCUT2D eigenvalue weighted by Gasteiger charge is 2.21. The summed E-state index contributed by atoms with van der Waals surface area (Å²) in [5.74, 6) is 0.983. The molecule has 2 amide bonds. The van der Waals surface area contributed by atoms with Gasteiger partial charge >= 0.3 is 6.03 Å². The van der Waals surface area contributed by atoms with Crippen molar-refractivity contribution in [3.63, 3.8) is 0 Å². The molecule has 1 fully saturated rings. The number of hydrogen-bond acceptors (Lipinski definition) is 6. The number of urea groups is 1. The molecular formula is C19H28N6OS. The van der Waals surface area contributed by atoms with E-state index in [0.717, 1.165) is 36.9 Å². The van der Waals surface area contributed by atoms with Gasteiger partial charge in [0.1, 0.15) is 5.82 Å². The molecule has 8 heteroatoms. The average Bonchev–Trinajstić information content (AvgIpc) is 3.07. The minimum absolute atomic E-state index is 0.0113. The standard InChI is InChI=1S/C19H28N6OS/c1-15-12-22-18(27-15)6-7-20-19(26)25-10-8-24(9-11-25)17-5-4-16(13-21-17)14-23(2)3/h4-5,12-13H,6-11,14H2,1-3H3,(H,20,26). The van der Waals surface area contributed by atoms with E-state index in [0.29, 0.717) is 19.6 Å². The van der Waals surface area contributed by atoms with Crippen LogP contribution in [0.4, 0.5) is 10.6 Å². The maximum absolute atomic E-state index is 12.3. The summed E-state index contributed by atoms with van der Waals surface area (Å²) in [6, 6.07) is 4.21. The zero-order chi connectivity index (χ0) is 19.2. The Balaban J connectivity index is 1.42. The largest absolute Gasteiger partial charge is 0.353 e. The number of carbonyl (C=O) groups is 1. The van der Waals surface area contributed by atoms with Crippen LogP contribution >= 0.6 is 11.3 Å². The highest BCUT2D eigenvalue weighted by atomic mass is 32.1. The van der Waals surface area contributed by atoms with Crippen LogP contribution in [0.2, 0.25) is 0 Å². The summed E-state index contributed by atoms with van der Waals surface area (Å²) < 4.78 is 0. The van der Waals surface area contributed by atoms with E-state index in [1.165, 1.54) is 10.4 Å². The molecule has 1 aliphatic heterocycles. The Hall–Kier alpha value is -2.19. The maximum atomic E-state index is 12.3. The van der Waals surface area contributed by atoms with E-state index in [4.69, 9.17) is 0 Å². The Morgan fingerprint density at radius 2 is 1.96 bits per heavy atom.